The van der Waals surface area contributed by atoms with Gasteiger partial charge in [-0.05, 0) is 47.9 Å². The van der Waals surface area contributed by atoms with Crippen molar-refractivity contribution in [3.63, 3.8) is 0 Å². The van der Waals surface area contributed by atoms with E-state index in [4.69, 9.17) is 4.74 Å². The monoisotopic (exact) mass is 340 g/mol. The number of ether oxygens (including phenoxy) is 1. The van der Waals surface area contributed by atoms with Gasteiger partial charge in [-0.15, -0.1) is 0 Å². The molecule has 2 aromatic carbocycles. The fourth-order valence-corrected chi connectivity index (χ4v) is 2.76. The average molecular weight is 340 g/mol. The highest BCUT2D eigenvalue weighted by molar-refractivity contribution is 5.97. The topological polar surface area (TPSA) is 87.7 Å². The van der Waals surface area contributed by atoms with E-state index in [1.165, 1.54) is 0 Å². The molecular weight excluding hydrogens is 320 g/mol. The number of aliphatic hydroxyl groups excluding tert-OH is 1. The maximum absolute atomic E-state index is 12.3. The molecule has 130 valence electrons. The fraction of sp³-hybridized carbons (Fsp3) is 0.263. The molecule has 0 radical (unpaired) electrons. The van der Waals surface area contributed by atoms with Crippen molar-refractivity contribution in [2.24, 2.45) is 0 Å². The molecule has 0 saturated heterocycles. The number of nitrogens with one attached hydrogen (secondary N) is 2. The number of fused-ring (bicyclic) bond motifs is 1. The lowest BCUT2D eigenvalue weighted by atomic mass is 10.00. The summed E-state index contributed by atoms with van der Waals surface area (Å²) in [7, 11) is 1.58. The van der Waals surface area contributed by atoms with Gasteiger partial charge in [-0.2, -0.15) is 0 Å². The largest absolute Gasteiger partial charge is 0.497 e. The standard InChI is InChI=1S/C19H20N2O4/c1-25-15-6-2-12(3-7-15)17(22)11-20-19(24)14-4-8-16-13(10-14)5-9-18(23)21-16/h2-4,6-8,10,17,22H,5,9,11H2,1H3,(H,20,24)(H,21,23). The van der Waals surface area contributed by atoms with Crippen molar-refractivity contribution in [2.45, 2.75) is 18.9 Å². The van der Waals surface area contributed by atoms with Gasteiger partial charge < -0.3 is 20.5 Å². The number of carbonyl (C=O) groups excluding carboxylic acids is 2. The second-order valence-electron chi connectivity index (χ2n) is 5.92. The van der Waals surface area contributed by atoms with Gasteiger partial charge in [0.2, 0.25) is 5.91 Å². The number of anilines is 1. The Morgan fingerprint density at radius 2 is 2.00 bits per heavy atom. The lowest BCUT2D eigenvalue weighted by Crippen LogP contribution is -2.28. The second kappa shape index (κ2) is 7.36. The predicted molar refractivity (Wildman–Crippen MR) is 93.7 cm³/mol. The number of hydrogen-bond acceptors (Lipinski definition) is 4. The highest BCUT2D eigenvalue weighted by Crippen LogP contribution is 2.23. The van der Waals surface area contributed by atoms with Gasteiger partial charge in [-0.3, -0.25) is 9.59 Å². The van der Waals surface area contributed by atoms with E-state index < -0.39 is 6.10 Å². The van der Waals surface area contributed by atoms with Crippen molar-refractivity contribution >= 4 is 17.5 Å². The van der Waals surface area contributed by atoms with E-state index in [1.807, 2.05) is 0 Å². The summed E-state index contributed by atoms with van der Waals surface area (Å²) in [4.78, 5) is 23.7. The van der Waals surface area contributed by atoms with Crippen molar-refractivity contribution < 1.29 is 19.4 Å². The van der Waals surface area contributed by atoms with Crippen LogP contribution in [-0.4, -0.2) is 30.6 Å². The molecule has 1 aliphatic heterocycles. The number of amides is 2. The van der Waals surface area contributed by atoms with E-state index in [0.717, 1.165) is 11.3 Å². The van der Waals surface area contributed by atoms with Crippen molar-refractivity contribution in [1.29, 1.82) is 0 Å². The summed E-state index contributed by atoms with van der Waals surface area (Å²) in [6.45, 7) is 0.110. The Morgan fingerprint density at radius 3 is 2.72 bits per heavy atom. The quantitative estimate of drug-likeness (QED) is 0.777. The Bertz CT molecular complexity index is 787. The molecule has 0 spiro atoms. The highest BCUT2D eigenvalue weighted by Gasteiger charge is 2.17. The molecule has 2 amide bonds. The van der Waals surface area contributed by atoms with Gasteiger partial charge in [0.25, 0.3) is 5.91 Å². The second-order valence-corrected chi connectivity index (χ2v) is 5.92. The molecule has 1 aliphatic rings. The van der Waals surface area contributed by atoms with Crippen LogP contribution in [0.15, 0.2) is 42.5 Å². The Labute approximate surface area is 145 Å². The molecule has 1 heterocycles. The minimum absolute atomic E-state index is 0.00712. The molecule has 25 heavy (non-hydrogen) atoms. The zero-order valence-electron chi connectivity index (χ0n) is 13.9. The average Bonchev–Trinajstić information content (AvgIpc) is 2.65. The third-order valence-electron chi connectivity index (χ3n) is 4.22. The van der Waals surface area contributed by atoms with Crippen molar-refractivity contribution in [3.05, 3.63) is 59.2 Å². The van der Waals surface area contributed by atoms with Gasteiger partial charge in [0.05, 0.1) is 13.2 Å². The molecule has 1 atom stereocenters. The van der Waals surface area contributed by atoms with Crippen LogP contribution in [0.3, 0.4) is 0 Å². The first-order valence-corrected chi connectivity index (χ1v) is 8.10. The van der Waals surface area contributed by atoms with E-state index in [0.29, 0.717) is 29.7 Å². The first kappa shape index (κ1) is 17.0. The molecule has 2 aromatic rings. The maximum atomic E-state index is 12.3. The Morgan fingerprint density at radius 1 is 1.24 bits per heavy atom. The van der Waals surface area contributed by atoms with E-state index >= 15 is 0 Å². The molecule has 6 heteroatoms. The van der Waals surface area contributed by atoms with Crippen molar-refractivity contribution in [1.82, 2.24) is 5.32 Å². The van der Waals surface area contributed by atoms with Crippen molar-refractivity contribution in [3.8, 4) is 5.75 Å². The summed E-state index contributed by atoms with van der Waals surface area (Å²) >= 11 is 0. The maximum Gasteiger partial charge on any atom is 0.251 e. The molecule has 0 saturated carbocycles. The molecule has 6 nitrogen and oxygen atoms in total. The molecule has 0 bridgehead atoms. The molecule has 0 aliphatic carbocycles. The fourth-order valence-electron chi connectivity index (χ4n) is 2.76. The summed E-state index contributed by atoms with van der Waals surface area (Å²) in [5, 5.41) is 15.7. The summed E-state index contributed by atoms with van der Waals surface area (Å²) in [6.07, 6.45) is 0.247. The number of benzene rings is 2. The molecular formula is C19H20N2O4. The van der Waals surface area contributed by atoms with Crippen LogP contribution in [0.1, 0.15) is 34.0 Å². The summed E-state index contributed by atoms with van der Waals surface area (Å²) in [5.74, 6) is 0.445. The first-order valence-electron chi connectivity index (χ1n) is 8.10. The van der Waals surface area contributed by atoms with Crippen LogP contribution in [0.25, 0.3) is 0 Å². The van der Waals surface area contributed by atoms with E-state index in [-0.39, 0.29) is 18.4 Å². The van der Waals surface area contributed by atoms with Crippen LogP contribution in [0.5, 0.6) is 5.75 Å². The van der Waals surface area contributed by atoms with E-state index in [1.54, 1.807) is 49.6 Å². The SMILES string of the molecule is COc1ccc(C(O)CNC(=O)c2ccc3c(c2)CCC(=O)N3)cc1. The number of aliphatic hydroxyl groups is 1. The number of aryl methyl sites for hydroxylation is 1. The summed E-state index contributed by atoms with van der Waals surface area (Å²) in [5.41, 5.74) is 2.92. The van der Waals surface area contributed by atoms with Gasteiger partial charge in [-0.1, -0.05) is 12.1 Å². The van der Waals surface area contributed by atoms with Crippen LogP contribution in [0, 0.1) is 0 Å². The Hall–Kier alpha value is -2.86. The minimum Gasteiger partial charge on any atom is -0.497 e. The normalized spacial score (nSPS) is 14.2. The van der Waals surface area contributed by atoms with Gasteiger partial charge >= 0.3 is 0 Å². The van der Waals surface area contributed by atoms with Crippen molar-refractivity contribution in [2.75, 3.05) is 19.0 Å². The summed E-state index contributed by atoms with van der Waals surface area (Å²) in [6, 6.07) is 12.2. The molecule has 0 aromatic heterocycles. The van der Waals surface area contributed by atoms with Crippen LogP contribution >= 0.6 is 0 Å². The molecule has 3 rings (SSSR count). The zero-order valence-corrected chi connectivity index (χ0v) is 13.9. The Balaban J connectivity index is 1.61. The van der Waals surface area contributed by atoms with Gasteiger partial charge in [0, 0.05) is 24.2 Å². The number of rotatable bonds is 5. The van der Waals surface area contributed by atoms with Gasteiger partial charge in [-0.25, -0.2) is 0 Å². The summed E-state index contributed by atoms with van der Waals surface area (Å²) < 4.78 is 5.08. The van der Waals surface area contributed by atoms with Crippen LogP contribution in [0.2, 0.25) is 0 Å². The Kier molecular flexibility index (Phi) is 5.00. The van der Waals surface area contributed by atoms with Crippen LogP contribution < -0.4 is 15.4 Å². The smallest absolute Gasteiger partial charge is 0.251 e. The lowest BCUT2D eigenvalue weighted by molar-refractivity contribution is -0.116. The van der Waals surface area contributed by atoms with E-state index in [9.17, 15) is 14.7 Å². The number of hydrogen-bond donors (Lipinski definition) is 3. The van der Waals surface area contributed by atoms with Gasteiger partial charge in [0.1, 0.15) is 5.75 Å². The predicted octanol–water partition coefficient (Wildman–Crippen LogP) is 2.04. The van der Waals surface area contributed by atoms with Gasteiger partial charge in [0.15, 0.2) is 0 Å². The van der Waals surface area contributed by atoms with Crippen LogP contribution in [-0.2, 0) is 11.2 Å². The van der Waals surface area contributed by atoms with E-state index in [2.05, 4.69) is 10.6 Å². The molecule has 1 unspecified atom stereocenters. The molecule has 0 fully saturated rings. The minimum atomic E-state index is -0.799. The third kappa shape index (κ3) is 3.97. The highest BCUT2D eigenvalue weighted by atomic mass is 16.5. The number of carbonyl (C=O) groups is 2. The zero-order chi connectivity index (χ0) is 17.8. The first-order chi connectivity index (χ1) is 12.1. The third-order valence-corrected chi connectivity index (χ3v) is 4.22. The van der Waals surface area contributed by atoms with Crippen LogP contribution in [0.4, 0.5) is 5.69 Å². The lowest BCUT2D eigenvalue weighted by Gasteiger charge is -2.18. The molecule has 3 N–H and O–H groups in total. The number of methoxy groups -OCH3 is 1.